The van der Waals surface area contributed by atoms with Gasteiger partial charge in [0.25, 0.3) is 0 Å². The van der Waals surface area contributed by atoms with Gasteiger partial charge < -0.3 is 15.4 Å². The molecule has 0 fully saturated rings. The van der Waals surface area contributed by atoms with Crippen LogP contribution in [0.15, 0.2) is 36.4 Å². The van der Waals surface area contributed by atoms with Crippen molar-refractivity contribution in [3.05, 3.63) is 42.0 Å². The summed E-state index contributed by atoms with van der Waals surface area (Å²) in [6.45, 7) is -0.204. The van der Waals surface area contributed by atoms with Crippen molar-refractivity contribution >= 4 is 35.6 Å². The minimum absolute atomic E-state index is 0.204. The fourth-order valence-electron chi connectivity index (χ4n) is 1.83. The van der Waals surface area contributed by atoms with E-state index in [9.17, 15) is 14.4 Å². The molecule has 24 heavy (non-hydrogen) atoms. The molecule has 0 saturated heterocycles. The highest BCUT2D eigenvalue weighted by Gasteiger charge is 2.20. The molecule has 0 saturated carbocycles. The van der Waals surface area contributed by atoms with Crippen LogP contribution in [-0.2, 0) is 19.1 Å². The molecule has 0 radical (unpaired) electrons. The van der Waals surface area contributed by atoms with Crippen LogP contribution >= 0.6 is 11.8 Å². The van der Waals surface area contributed by atoms with Gasteiger partial charge in [-0.3, -0.25) is 9.59 Å². The number of esters is 1. The van der Waals surface area contributed by atoms with Crippen molar-refractivity contribution < 1.29 is 19.1 Å². The number of benzene rings is 1. The van der Waals surface area contributed by atoms with Gasteiger partial charge in [-0.25, -0.2) is 4.79 Å². The molecule has 1 rings (SSSR count). The highest BCUT2D eigenvalue weighted by atomic mass is 32.2. The molecule has 1 aromatic carbocycles. The molecule has 1 aromatic rings. The molecule has 130 valence electrons. The molecule has 0 unspecified atom stereocenters. The number of carbonyl (C=O) groups excluding carboxylic acids is 3. The van der Waals surface area contributed by atoms with Crippen LogP contribution in [0.4, 0.5) is 0 Å². The third-order valence-corrected chi connectivity index (χ3v) is 3.73. The van der Waals surface area contributed by atoms with E-state index in [1.54, 1.807) is 17.8 Å². The molecule has 0 aromatic heterocycles. The maximum absolute atomic E-state index is 11.9. The van der Waals surface area contributed by atoms with Crippen LogP contribution in [0.1, 0.15) is 12.0 Å². The number of thioether (sulfide) groups is 1. The molecule has 0 bridgehead atoms. The van der Waals surface area contributed by atoms with Gasteiger partial charge in [0.2, 0.25) is 11.8 Å². The second kappa shape index (κ2) is 11.3. The van der Waals surface area contributed by atoms with Gasteiger partial charge in [0.15, 0.2) is 0 Å². The number of ether oxygens (including phenoxy) is 1. The van der Waals surface area contributed by atoms with E-state index in [1.807, 2.05) is 36.6 Å². The summed E-state index contributed by atoms with van der Waals surface area (Å²) in [6, 6.07) is 8.65. The molecule has 0 aliphatic carbocycles. The van der Waals surface area contributed by atoms with E-state index in [4.69, 9.17) is 0 Å². The Morgan fingerprint density at radius 3 is 2.58 bits per heavy atom. The van der Waals surface area contributed by atoms with Gasteiger partial charge in [0.05, 0.1) is 13.7 Å². The predicted octanol–water partition coefficient (Wildman–Crippen LogP) is 1.23. The standard InChI is InChI=1S/C17H22N2O4S/c1-23-17(22)14(10-11-24-2)19-16(21)12-18-15(20)9-8-13-6-4-3-5-7-13/h3-9,14H,10-12H2,1-2H3,(H,18,20)(H,19,21)/b9-8+/t14-/m1/s1. The first-order valence-corrected chi connectivity index (χ1v) is 8.83. The third kappa shape index (κ3) is 7.82. The van der Waals surface area contributed by atoms with E-state index in [0.29, 0.717) is 12.2 Å². The van der Waals surface area contributed by atoms with Gasteiger partial charge in [-0.05, 0) is 30.1 Å². The predicted molar refractivity (Wildman–Crippen MR) is 95.4 cm³/mol. The first-order chi connectivity index (χ1) is 11.6. The topological polar surface area (TPSA) is 84.5 Å². The van der Waals surface area contributed by atoms with Crippen molar-refractivity contribution in [1.82, 2.24) is 10.6 Å². The monoisotopic (exact) mass is 350 g/mol. The Morgan fingerprint density at radius 2 is 1.96 bits per heavy atom. The molecule has 2 amide bonds. The fraction of sp³-hybridized carbons (Fsp3) is 0.353. The van der Waals surface area contributed by atoms with Gasteiger partial charge in [-0.1, -0.05) is 30.3 Å². The zero-order valence-electron chi connectivity index (χ0n) is 13.8. The Kier molecular flexibility index (Phi) is 9.29. The molecule has 0 aliphatic rings. The molecule has 0 spiro atoms. The van der Waals surface area contributed by atoms with Crippen molar-refractivity contribution in [2.24, 2.45) is 0 Å². The highest BCUT2D eigenvalue weighted by Crippen LogP contribution is 2.02. The second-order valence-corrected chi connectivity index (χ2v) is 5.87. The lowest BCUT2D eigenvalue weighted by molar-refractivity contribution is -0.145. The van der Waals surface area contributed by atoms with Gasteiger partial charge in [0.1, 0.15) is 6.04 Å². The first-order valence-electron chi connectivity index (χ1n) is 7.44. The average Bonchev–Trinajstić information content (AvgIpc) is 2.61. The molecule has 1 atom stereocenters. The summed E-state index contributed by atoms with van der Waals surface area (Å²) in [4.78, 5) is 35.2. The molecular weight excluding hydrogens is 328 g/mol. The summed E-state index contributed by atoms with van der Waals surface area (Å²) in [7, 11) is 1.27. The molecule has 0 aliphatic heterocycles. The van der Waals surface area contributed by atoms with Crippen LogP contribution in [0.3, 0.4) is 0 Å². The number of carbonyl (C=O) groups is 3. The number of hydrogen-bond donors (Lipinski definition) is 2. The SMILES string of the molecule is COC(=O)[C@@H](CCSC)NC(=O)CNC(=O)/C=C/c1ccccc1. The number of rotatable bonds is 9. The maximum Gasteiger partial charge on any atom is 0.328 e. The van der Waals surface area contributed by atoms with Crippen LogP contribution in [0, 0.1) is 0 Å². The summed E-state index contributed by atoms with van der Waals surface area (Å²) in [6.07, 6.45) is 5.40. The number of nitrogens with one attached hydrogen (secondary N) is 2. The summed E-state index contributed by atoms with van der Waals surface area (Å²) in [5, 5.41) is 5.04. The maximum atomic E-state index is 11.9. The lowest BCUT2D eigenvalue weighted by atomic mass is 10.2. The van der Waals surface area contributed by atoms with E-state index in [2.05, 4.69) is 15.4 Å². The highest BCUT2D eigenvalue weighted by molar-refractivity contribution is 7.98. The zero-order chi connectivity index (χ0) is 17.8. The van der Waals surface area contributed by atoms with Crippen molar-refractivity contribution in [3.63, 3.8) is 0 Å². The van der Waals surface area contributed by atoms with Crippen LogP contribution in [0.2, 0.25) is 0 Å². The van der Waals surface area contributed by atoms with E-state index in [-0.39, 0.29) is 12.5 Å². The largest absolute Gasteiger partial charge is 0.467 e. The van der Waals surface area contributed by atoms with Gasteiger partial charge in [0, 0.05) is 6.08 Å². The Bertz CT molecular complexity index is 575. The van der Waals surface area contributed by atoms with E-state index in [0.717, 1.165) is 5.56 Å². The minimum atomic E-state index is -0.702. The molecule has 6 nitrogen and oxygen atoms in total. The quantitative estimate of drug-likeness (QED) is 0.517. The summed E-state index contributed by atoms with van der Waals surface area (Å²) in [5.74, 6) is -0.597. The number of amides is 2. The van der Waals surface area contributed by atoms with Gasteiger partial charge in [-0.15, -0.1) is 0 Å². The van der Waals surface area contributed by atoms with Gasteiger partial charge in [-0.2, -0.15) is 11.8 Å². The zero-order valence-corrected chi connectivity index (χ0v) is 14.6. The van der Waals surface area contributed by atoms with E-state index < -0.39 is 17.9 Å². The Hall–Kier alpha value is -2.28. The average molecular weight is 350 g/mol. The normalized spacial score (nSPS) is 11.8. The second-order valence-electron chi connectivity index (χ2n) is 4.89. The smallest absolute Gasteiger partial charge is 0.328 e. The fourth-order valence-corrected chi connectivity index (χ4v) is 2.31. The third-order valence-electron chi connectivity index (χ3n) is 3.08. The molecular formula is C17H22N2O4S. The van der Waals surface area contributed by atoms with Crippen molar-refractivity contribution in [1.29, 1.82) is 0 Å². The minimum Gasteiger partial charge on any atom is -0.467 e. The van der Waals surface area contributed by atoms with Crippen LogP contribution in [0.5, 0.6) is 0 Å². The molecule has 0 heterocycles. The molecule has 7 heteroatoms. The van der Waals surface area contributed by atoms with Crippen LogP contribution in [-0.4, -0.2) is 49.5 Å². The summed E-state index contributed by atoms with van der Waals surface area (Å²) in [5.41, 5.74) is 0.889. The summed E-state index contributed by atoms with van der Waals surface area (Å²) < 4.78 is 4.66. The van der Waals surface area contributed by atoms with Crippen molar-refractivity contribution in [3.8, 4) is 0 Å². The van der Waals surface area contributed by atoms with Crippen molar-refractivity contribution in [2.45, 2.75) is 12.5 Å². The number of methoxy groups -OCH3 is 1. The lowest BCUT2D eigenvalue weighted by Crippen LogP contribution is -2.46. The van der Waals surface area contributed by atoms with Crippen molar-refractivity contribution in [2.75, 3.05) is 25.7 Å². The first kappa shape index (κ1) is 19.8. The Labute approximate surface area is 146 Å². The lowest BCUT2D eigenvalue weighted by Gasteiger charge is -2.16. The molecule has 2 N–H and O–H groups in total. The van der Waals surface area contributed by atoms with Gasteiger partial charge >= 0.3 is 5.97 Å². The van der Waals surface area contributed by atoms with Crippen LogP contribution in [0.25, 0.3) is 6.08 Å². The Balaban J connectivity index is 2.41. The van der Waals surface area contributed by atoms with E-state index >= 15 is 0 Å². The number of hydrogen-bond acceptors (Lipinski definition) is 5. The summed E-state index contributed by atoms with van der Waals surface area (Å²) >= 11 is 1.57. The van der Waals surface area contributed by atoms with Crippen LogP contribution < -0.4 is 10.6 Å². The Morgan fingerprint density at radius 1 is 1.25 bits per heavy atom. The van der Waals surface area contributed by atoms with E-state index in [1.165, 1.54) is 13.2 Å².